The first kappa shape index (κ1) is 10.3. The molecule has 0 bridgehead atoms. The minimum atomic E-state index is 0.518. The van der Waals surface area contributed by atoms with Crippen molar-refractivity contribution in [3.8, 4) is 0 Å². The van der Waals surface area contributed by atoms with E-state index >= 15 is 0 Å². The smallest absolute Gasteiger partial charge is 0.117 e. The minimum absolute atomic E-state index is 0.518. The molecule has 3 nitrogen and oxygen atoms in total. The lowest BCUT2D eigenvalue weighted by Gasteiger charge is -2.16. The van der Waals surface area contributed by atoms with Gasteiger partial charge in [0, 0.05) is 7.05 Å². The van der Waals surface area contributed by atoms with Gasteiger partial charge in [-0.05, 0) is 12.5 Å². The van der Waals surface area contributed by atoms with Crippen molar-refractivity contribution >= 4 is 11.5 Å². The molecular weight excluding hydrogens is 174 g/mol. The Morgan fingerprint density at radius 1 is 1.36 bits per heavy atom. The Hall–Kier alpha value is -1.77. The van der Waals surface area contributed by atoms with Gasteiger partial charge in [-0.2, -0.15) is 5.10 Å². The quantitative estimate of drug-likeness (QED) is 0.448. The Bertz CT molecular complexity index is 337. The van der Waals surface area contributed by atoms with Crippen LogP contribution in [0.3, 0.4) is 0 Å². The molecular formula is C11H15N3. The van der Waals surface area contributed by atoms with Gasteiger partial charge in [0.05, 0.1) is 5.70 Å². The summed E-state index contributed by atoms with van der Waals surface area (Å²) >= 11 is 0. The molecule has 0 amide bonds. The van der Waals surface area contributed by atoms with Crippen LogP contribution in [0.2, 0.25) is 0 Å². The summed E-state index contributed by atoms with van der Waals surface area (Å²) in [4.78, 5) is 0. The van der Waals surface area contributed by atoms with Gasteiger partial charge in [0.2, 0.25) is 0 Å². The number of nitrogens with zero attached hydrogens (tertiary/aromatic N) is 2. The zero-order valence-corrected chi connectivity index (χ0v) is 8.57. The number of amidine groups is 1. The molecule has 0 spiro atoms. The highest BCUT2D eigenvalue weighted by molar-refractivity contribution is 5.78. The van der Waals surface area contributed by atoms with Crippen LogP contribution < -0.4 is 5.73 Å². The molecule has 0 aliphatic rings. The third kappa shape index (κ3) is 2.62. The number of hydrogen-bond acceptors (Lipinski definition) is 2. The summed E-state index contributed by atoms with van der Waals surface area (Å²) in [6, 6.07) is 9.87. The molecule has 0 saturated heterocycles. The van der Waals surface area contributed by atoms with Gasteiger partial charge in [0.1, 0.15) is 5.84 Å². The first-order valence-electron chi connectivity index (χ1n) is 4.40. The first-order valence-corrected chi connectivity index (χ1v) is 4.40. The van der Waals surface area contributed by atoms with Gasteiger partial charge in [-0.25, -0.2) is 0 Å². The topological polar surface area (TPSA) is 41.6 Å². The molecule has 1 aromatic carbocycles. The Morgan fingerprint density at radius 3 is 2.43 bits per heavy atom. The summed E-state index contributed by atoms with van der Waals surface area (Å²) in [6.45, 7) is 5.69. The van der Waals surface area contributed by atoms with E-state index in [2.05, 4.69) is 11.7 Å². The van der Waals surface area contributed by atoms with E-state index in [1.54, 1.807) is 11.9 Å². The number of hydrazone groups is 1. The van der Waals surface area contributed by atoms with Crippen molar-refractivity contribution in [2.75, 3.05) is 7.05 Å². The van der Waals surface area contributed by atoms with Gasteiger partial charge in [0.15, 0.2) is 0 Å². The summed E-state index contributed by atoms with van der Waals surface area (Å²) in [5.74, 6) is 0.518. The first-order chi connectivity index (χ1) is 6.61. The molecule has 0 unspecified atom stereocenters. The van der Waals surface area contributed by atoms with Gasteiger partial charge < -0.3 is 5.73 Å². The fourth-order valence-corrected chi connectivity index (χ4v) is 1.11. The van der Waals surface area contributed by atoms with E-state index in [1.165, 1.54) is 0 Å². The molecule has 1 aromatic rings. The lowest BCUT2D eigenvalue weighted by atomic mass is 10.2. The van der Waals surface area contributed by atoms with Crippen LogP contribution in [0.5, 0.6) is 0 Å². The molecule has 0 radical (unpaired) electrons. The number of rotatable bonds is 3. The van der Waals surface area contributed by atoms with Crippen LogP contribution in [0.1, 0.15) is 12.5 Å². The molecule has 0 heterocycles. The zero-order valence-electron chi connectivity index (χ0n) is 8.57. The van der Waals surface area contributed by atoms with Crippen LogP contribution in [0.15, 0.2) is 42.0 Å². The molecule has 3 heteroatoms. The predicted molar refractivity (Wildman–Crippen MR) is 60.5 cm³/mol. The van der Waals surface area contributed by atoms with Gasteiger partial charge in [0.25, 0.3) is 0 Å². The molecule has 0 atom stereocenters. The molecule has 14 heavy (non-hydrogen) atoms. The van der Waals surface area contributed by atoms with Gasteiger partial charge in [-0.3, -0.25) is 5.01 Å². The van der Waals surface area contributed by atoms with Crippen LogP contribution in [-0.4, -0.2) is 17.9 Å². The largest absolute Gasteiger partial charge is 0.386 e. The maximum atomic E-state index is 5.48. The summed E-state index contributed by atoms with van der Waals surface area (Å²) in [7, 11) is 1.83. The van der Waals surface area contributed by atoms with Crippen LogP contribution in [0.25, 0.3) is 5.70 Å². The Morgan fingerprint density at radius 2 is 1.93 bits per heavy atom. The fourth-order valence-electron chi connectivity index (χ4n) is 1.11. The van der Waals surface area contributed by atoms with Crippen LogP contribution in [0, 0.1) is 0 Å². The SMILES string of the molecule is C=C(c1ccccc1)N(C)/N=C(/C)N. The standard InChI is InChI=1S/C11H15N3/c1-9(14(3)13-10(2)12)11-7-5-4-6-8-11/h4-8H,1H2,2-3H3,(H2,12,13). The Kier molecular flexibility index (Phi) is 3.29. The molecule has 0 fully saturated rings. The number of benzene rings is 1. The third-order valence-electron chi connectivity index (χ3n) is 1.81. The van der Waals surface area contributed by atoms with Crippen LogP contribution in [-0.2, 0) is 0 Å². The van der Waals surface area contributed by atoms with E-state index in [1.807, 2.05) is 37.4 Å². The summed E-state index contributed by atoms with van der Waals surface area (Å²) < 4.78 is 0. The Labute approximate surface area is 84.5 Å². The summed E-state index contributed by atoms with van der Waals surface area (Å²) in [5.41, 5.74) is 7.35. The average molecular weight is 189 g/mol. The molecule has 0 aromatic heterocycles. The van der Waals surface area contributed by atoms with E-state index in [0.717, 1.165) is 11.3 Å². The highest BCUT2D eigenvalue weighted by Crippen LogP contribution is 2.14. The second kappa shape index (κ2) is 4.46. The zero-order chi connectivity index (χ0) is 10.6. The monoisotopic (exact) mass is 189 g/mol. The maximum absolute atomic E-state index is 5.48. The van der Waals surface area contributed by atoms with E-state index in [9.17, 15) is 0 Å². The summed E-state index contributed by atoms with van der Waals surface area (Å²) in [6.07, 6.45) is 0. The van der Waals surface area contributed by atoms with E-state index in [4.69, 9.17) is 5.73 Å². The highest BCUT2D eigenvalue weighted by atomic mass is 15.4. The molecule has 0 aliphatic carbocycles. The third-order valence-corrected chi connectivity index (χ3v) is 1.81. The van der Waals surface area contributed by atoms with E-state index in [0.29, 0.717) is 5.84 Å². The second-order valence-corrected chi connectivity index (χ2v) is 3.08. The van der Waals surface area contributed by atoms with Crippen molar-refractivity contribution in [1.29, 1.82) is 0 Å². The number of nitrogens with two attached hydrogens (primary N) is 1. The average Bonchev–Trinajstić information content (AvgIpc) is 2.17. The highest BCUT2D eigenvalue weighted by Gasteiger charge is 2.02. The van der Waals surface area contributed by atoms with Crippen molar-refractivity contribution < 1.29 is 0 Å². The molecule has 1 rings (SSSR count). The van der Waals surface area contributed by atoms with Gasteiger partial charge >= 0.3 is 0 Å². The maximum Gasteiger partial charge on any atom is 0.117 e. The minimum Gasteiger partial charge on any atom is -0.386 e. The second-order valence-electron chi connectivity index (χ2n) is 3.08. The molecule has 0 aliphatic heterocycles. The van der Waals surface area contributed by atoms with Crippen molar-refractivity contribution in [3.05, 3.63) is 42.5 Å². The summed E-state index contributed by atoms with van der Waals surface area (Å²) in [5, 5.41) is 5.75. The van der Waals surface area contributed by atoms with E-state index < -0.39 is 0 Å². The van der Waals surface area contributed by atoms with Crippen molar-refractivity contribution in [1.82, 2.24) is 5.01 Å². The lowest BCUT2D eigenvalue weighted by Crippen LogP contribution is -2.15. The molecule has 2 N–H and O–H groups in total. The molecule has 74 valence electrons. The van der Waals surface area contributed by atoms with Gasteiger partial charge in [-0.15, -0.1) is 0 Å². The Balaban J connectivity index is 2.82. The number of hydrogen-bond donors (Lipinski definition) is 1. The normalized spacial score (nSPS) is 11.1. The van der Waals surface area contributed by atoms with Crippen molar-refractivity contribution in [2.45, 2.75) is 6.92 Å². The van der Waals surface area contributed by atoms with Crippen LogP contribution >= 0.6 is 0 Å². The van der Waals surface area contributed by atoms with Crippen LogP contribution in [0.4, 0.5) is 0 Å². The van der Waals surface area contributed by atoms with Gasteiger partial charge in [-0.1, -0.05) is 36.9 Å². The molecule has 0 saturated carbocycles. The lowest BCUT2D eigenvalue weighted by molar-refractivity contribution is 0.516. The van der Waals surface area contributed by atoms with E-state index in [-0.39, 0.29) is 0 Å². The fraction of sp³-hybridized carbons (Fsp3) is 0.182. The van der Waals surface area contributed by atoms with Crippen molar-refractivity contribution in [2.24, 2.45) is 10.8 Å². The predicted octanol–water partition coefficient (Wildman–Crippen LogP) is 1.88. The van der Waals surface area contributed by atoms with Crippen molar-refractivity contribution in [3.63, 3.8) is 0 Å².